The fraction of sp³-hybridized carbons (Fsp3) is 0.435. The number of piperidine rings is 1. The summed E-state index contributed by atoms with van der Waals surface area (Å²) < 4.78 is 12.8. The maximum Gasteiger partial charge on any atom is 0.262 e. The zero-order chi connectivity index (χ0) is 24.1. The first-order valence-electron chi connectivity index (χ1n) is 11.3. The van der Waals surface area contributed by atoms with Gasteiger partial charge in [-0.3, -0.25) is 19.5 Å². The van der Waals surface area contributed by atoms with Crippen LogP contribution in [0.2, 0.25) is 0 Å². The molecular weight excluding hydrogens is 438 g/mol. The van der Waals surface area contributed by atoms with Crippen LogP contribution < -0.4 is 26.1 Å². The van der Waals surface area contributed by atoms with Crippen molar-refractivity contribution in [3.8, 4) is 11.5 Å². The molecule has 0 aliphatic carbocycles. The number of amides is 1. The van der Waals surface area contributed by atoms with Gasteiger partial charge in [-0.1, -0.05) is 6.42 Å². The lowest BCUT2D eigenvalue weighted by Crippen LogP contribution is -2.31. The zero-order valence-corrected chi connectivity index (χ0v) is 19.4. The Morgan fingerprint density at radius 3 is 2.62 bits per heavy atom. The number of carbonyl (C=O) groups excluding carboxylic acids is 1. The van der Waals surface area contributed by atoms with Gasteiger partial charge in [0.25, 0.3) is 11.5 Å². The molecule has 3 aromatic rings. The molecule has 4 rings (SSSR count). The number of fused-ring (bicyclic) bond motifs is 1. The summed E-state index contributed by atoms with van der Waals surface area (Å²) in [6, 6.07) is 3.38. The van der Waals surface area contributed by atoms with Gasteiger partial charge in [0.15, 0.2) is 11.5 Å². The third-order valence-corrected chi connectivity index (χ3v) is 5.85. The van der Waals surface area contributed by atoms with E-state index >= 15 is 0 Å². The fourth-order valence-electron chi connectivity index (χ4n) is 4.00. The second-order valence-electron chi connectivity index (χ2n) is 8.18. The monoisotopic (exact) mass is 467 g/mol. The Bertz CT molecular complexity index is 1220. The summed E-state index contributed by atoms with van der Waals surface area (Å²) in [5.74, 6) is 0.435. The van der Waals surface area contributed by atoms with Crippen molar-refractivity contribution in [3.63, 3.8) is 0 Å². The fourth-order valence-corrected chi connectivity index (χ4v) is 4.00. The van der Waals surface area contributed by atoms with Crippen molar-refractivity contribution in [1.29, 1.82) is 0 Å². The number of nitrogens with two attached hydrogens (primary N) is 1. The van der Waals surface area contributed by atoms with Gasteiger partial charge in [-0.05, 0) is 44.5 Å². The number of nitrogens with one attached hydrogen (secondary N) is 1. The number of nitrogens with zero attached hydrogens (tertiary/aromatic N) is 5. The van der Waals surface area contributed by atoms with Crippen LogP contribution in [0.4, 0.5) is 11.9 Å². The summed E-state index contributed by atoms with van der Waals surface area (Å²) in [4.78, 5) is 40.1. The molecule has 0 radical (unpaired) electrons. The van der Waals surface area contributed by atoms with Crippen LogP contribution in [0.5, 0.6) is 11.5 Å². The highest BCUT2D eigenvalue weighted by molar-refractivity contribution is 6.03. The summed E-state index contributed by atoms with van der Waals surface area (Å²) in [6.07, 6.45) is 7.30. The number of hydrogen-bond acceptors (Lipinski definition) is 9. The van der Waals surface area contributed by atoms with E-state index in [1.165, 1.54) is 50.4 Å². The average Bonchev–Trinajstić information content (AvgIpc) is 2.85. The summed E-state index contributed by atoms with van der Waals surface area (Å²) in [6.45, 7) is 3.79. The molecule has 180 valence electrons. The molecule has 1 aromatic carbocycles. The highest BCUT2D eigenvalue weighted by atomic mass is 16.5. The predicted octanol–water partition coefficient (Wildman–Crippen LogP) is 1.82. The lowest BCUT2D eigenvalue weighted by Gasteiger charge is -2.26. The van der Waals surface area contributed by atoms with Crippen molar-refractivity contribution in [2.75, 3.05) is 44.4 Å². The van der Waals surface area contributed by atoms with Gasteiger partial charge in [0.1, 0.15) is 5.52 Å². The first-order chi connectivity index (χ1) is 16.5. The first kappa shape index (κ1) is 23.4. The van der Waals surface area contributed by atoms with E-state index in [4.69, 9.17) is 15.2 Å². The van der Waals surface area contributed by atoms with E-state index < -0.39 is 5.91 Å². The van der Waals surface area contributed by atoms with Gasteiger partial charge >= 0.3 is 0 Å². The van der Waals surface area contributed by atoms with Crippen LogP contribution in [0.3, 0.4) is 0 Å². The summed E-state index contributed by atoms with van der Waals surface area (Å²) in [5, 5.41) is 2.98. The zero-order valence-electron chi connectivity index (χ0n) is 19.4. The number of nitrogen functional groups attached to an aromatic ring is 1. The smallest absolute Gasteiger partial charge is 0.262 e. The number of carbonyl (C=O) groups is 1. The molecule has 0 unspecified atom stereocenters. The number of anilines is 2. The van der Waals surface area contributed by atoms with Crippen molar-refractivity contribution in [2.24, 2.45) is 7.05 Å². The van der Waals surface area contributed by atoms with Crippen molar-refractivity contribution in [3.05, 3.63) is 40.4 Å². The maximum absolute atomic E-state index is 13.0. The number of methoxy groups -OCH3 is 1. The largest absolute Gasteiger partial charge is 0.491 e. The molecule has 11 heteroatoms. The molecule has 0 atom stereocenters. The summed E-state index contributed by atoms with van der Waals surface area (Å²) in [7, 11) is 3.03. The van der Waals surface area contributed by atoms with Crippen LogP contribution in [0.25, 0.3) is 10.9 Å². The topological polar surface area (TPSA) is 137 Å². The number of benzene rings is 1. The van der Waals surface area contributed by atoms with Gasteiger partial charge in [0.05, 0.1) is 24.7 Å². The van der Waals surface area contributed by atoms with Crippen LogP contribution in [0.1, 0.15) is 36.0 Å². The summed E-state index contributed by atoms with van der Waals surface area (Å²) in [5.41, 5.74) is 5.63. The predicted molar refractivity (Wildman–Crippen MR) is 128 cm³/mol. The van der Waals surface area contributed by atoms with E-state index in [9.17, 15) is 9.59 Å². The average molecular weight is 468 g/mol. The molecule has 0 bridgehead atoms. The summed E-state index contributed by atoms with van der Waals surface area (Å²) >= 11 is 0. The van der Waals surface area contributed by atoms with Crippen LogP contribution in [-0.4, -0.2) is 63.7 Å². The SMILES string of the molecule is COc1c(OCCCN2CCCCC2)ccc2c(=O)n(C)c(NC(=O)c3cnc(N)nc3)nc12. The molecule has 1 saturated heterocycles. The minimum absolute atomic E-state index is 0.0554. The normalized spacial score (nSPS) is 14.2. The highest BCUT2D eigenvalue weighted by Crippen LogP contribution is 2.34. The van der Waals surface area contributed by atoms with Crippen molar-refractivity contribution < 1.29 is 14.3 Å². The maximum atomic E-state index is 13.0. The van der Waals surface area contributed by atoms with Crippen molar-refractivity contribution in [1.82, 2.24) is 24.4 Å². The van der Waals surface area contributed by atoms with Gasteiger partial charge < -0.3 is 20.1 Å². The van der Waals surface area contributed by atoms with E-state index in [-0.39, 0.29) is 23.0 Å². The van der Waals surface area contributed by atoms with Gasteiger partial charge in [-0.15, -0.1) is 0 Å². The third kappa shape index (κ3) is 5.09. The lowest BCUT2D eigenvalue weighted by atomic mass is 10.1. The van der Waals surface area contributed by atoms with E-state index in [0.29, 0.717) is 29.0 Å². The number of ether oxygens (including phenoxy) is 2. The Balaban J connectivity index is 1.55. The lowest BCUT2D eigenvalue weighted by molar-refractivity contribution is 0.102. The first-order valence-corrected chi connectivity index (χ1v) is 11.3. The highest BCUT2D eigenvalue weighted by Gasteiger charge is 2.19. The van der Waals surface area contributed by atoms with Gasteiger partial charge in [0.2, 0.25) is 11.9 Å². The molecule has 0 saturated carbocycles. The molecule has 1 aliphatic rings. The van der Waals surface area contributed by atoms with Crippen molar-refractivity contribution >= 4 is 28.7 Å². The Hall–Kier alpha value is -3.73. The van der Waals surface area contributed by atoms with Crippen LogP contribution in [-0.2, 0) is 7.05 Å². The van der Waals surface area contributed by atoms with E-state index in [1.807, 2.05) is 0 Å². The van der Waals surface area contributed by atoms with Gasteiger partial charge in [-0.25, -0.2) is 15.0 Å². The van der Waals surface area contributed by atoms with E-state index in [1.54, 1.807) is 12.1 Å². The van der Waals surface area contributed by atoms with Crippen molar-refractivity contribution in [2.45, 2.75) is 25.7 Å². The Morgan fingerprint density at radius 2 is 1.91 bits per heavy atom. The van der Waals surface area contributed by atoms with E-state index in [2.05, 4.69) is 25.2 Å². The molecule has 0 spiro atoms. The Labute approximate surface area is 196 Å². The quantitative estimate of drug-likeness (QED) is 0.475. The van der Waals surface area contributed by atoms with Gasteiger partial charge in [0, 0.05) is 26.0 Å². The minimum Gasteiger partial charge on any atom is -0.491 e. The molecule has 11 nitrogen and oxygen atoms in total. The van der Waals surface area contributed by atoms with Crippen LogP contribution in [0.15, 0.2) is 29.3 Å². The van der Waals surface area contributed by atoms with Crippen LogP contribution in [0, 0.1) is 0 Å². The molecule has 1 aliphatic heterocycles. The number of hydrogen-bond donors (Lipinski definition) is 2. The minimum atomic E-state index is -0.522. The second-order valence-corrected chi connectivity index (χ2v) is 8.18. The molecule has 1 amide bonds. The second kappa shape index (κ2) is 10.5. The number of rotatable bonds is 8. The van der Waals surface area contributed by atoms with E-state index in [0.717, 1.165) is 26.1 Å². The third-order valence-electron chi connectivity index (χ3n) is 5.85. The Morgan fingerprint density at radius 1 is 1.18 bits per heavy atom. The molecule has 3 heterocycles. The number of aromatic nitrogens is 4. The number of likely N-dealkylation sites (tertiary alicyclic amines) is 1. The molecule has 2 aromatic heterocycles. The molecular formula is C23H29N7O4. The Kier molecular flexibility index (Phi) is 7.21. The van der Waals surface area contributed by atoms with Crippen LogP contribution >= 0.6 is 0 Å². The standard InChI is InChI=1S/C23H29N7O4/c1-29-21(32)16-7-8-17(34-12-6-11-30-9-4-3-5-10-30)19(33-2)18(16)27-23(29)28-20(31)15-13-25-22(24)26-14-15/h7-8,13-14H,3-6,9-12H2,1-2H3,(H2,24,25,26)(H,27,28,31). The molecule has 3 N–H and O–H groups in total. The molecule has 1 fully saturated rings. The van der Waals surface area contributed by atoms with Gasteiger partial charge in [-0.2, -0.15) is 0 Å². The molecule has 34 heavy (non-hydrogen) atoms.